The number of carbonyl (C=O) groups is 1. The van der Waals surface area contributed by atoms with Crippen LogP contribution >= 0.6 is 22.9 Å². The average Bonchev–Trinajstić information content (AvgIpc) is 2.91. The molecule has 0 aliphatic carbocycles. The molecule has 0 atom stereocenters. The van der Waals surface area contributed by atoms with Crippen molar-refractivity contribution in [3.8, 4) is 11.8 Å². The van der Waals surface area contributed by atoms with Gasteiger partial charge in [-0.05, 0) is 24.3 Å². The number of halogens is 1. The molecular formula is C15H13ClN2O2S. The third kappa shape index (κ3) is 4.57. The molecular weight excluding hydrogens is 308 g/mol. The Morgan fingerprint density at radius 3 is 3.00 bits per heavy atom. The van der Waals surface area contributed by atoms with Crippen LogP contribution in [0.4, 0.5) is 0 Å². The van der Waals surface area contributed by atoms with E-state index in [9.17, 15) is 4.79 Å². The maximum Gasteiger partial charge on any atom is 0.271 e. The second-order valence-electron chi connectivity index (χ2n) is 4.06. The molecule has 2 N–H and O–H groups in total. The average molecular weight is 321 g/mol. The predicted molar refractivity (Wildman–Crippen MR) is 83.3 cm³/mol. The van der Waals surface area contributed by atoms with Gasteiger partial charge in [0, 0.05) is 17.5 Å². The Balaban J connectivity index is 2.07. The Morgan fingerprint density at radius 1 is 1.43 bits per heavy atom. The first-order chi connectivity index (χ1) is 10.2. The molecule has 0 saturated carbocycles. The van der Waals surface area contributed by atoms with Gasteiger partial charge in [-0.3, -0.25) is 4.79 Å². The summed E-state index contributed by atoms with van der Waals surface area (Å²) in [5.74, 6) is 5.35. The van der Waals surface area contributed by atoms with Gasteiger partial charge in [-0.2, -0.15) is 0 Å². The molecule has 2 rings (SSSR count). The smallest absolute Gasteiger partial charge is 0.271 e. The molecule has 2 aromatic heterocycles. The molecule has 0 spiro atoms. The zero-order valence-electron chi connectivity index (χ0n) is 11.1. The van der Waals surface area contributed by atoms with Crippen molar-refractivity contribution in [1.82, 2.24) is 10.3 Å². The molecule has 0 saturated heterocycles. The molecule has 2 heterocycles. The maximum absolute atomic E-state index is 12.2. The van der Waals surface area contributed by atoms with E-state index in [2.05, 4.69) is 22.1 Å². The summed E-state index contributed by atoms with van der Waals surface area (Å²) in [6, 6.07) is 7.11. The molecule has 4 nitrogen and oxygen atoms in total. The zero-order chi connectivity index (χ0) is 15.1. The molecule has 1 amide bonds. The lowest BCUT2D eigenvalue weighted by Gasteiger charge is -2.04. The summed E-state index contributed by atoms with van der Waals surface area (Å²) in [5.41, 5.74) is 0.832. The molecule has 0 bridgehead atoms. The van der Waals surface area contributed by atoms with Gasteiger partial charge in [-0.25, -0.2) is 4.98 Å². The minimum atomic E-state index is -0.284. The Morgan fingerprint density at radius 2 is 2.29 bits per heavy atom. The van der Waals surface area contributed by atoms with Gasteiger partial charge in [0.1, 0.15) is 5.69 Å². The van der Waals surface area contributed by atoms with Crippen LogP contribution < -0.4 is 5.32 Å². The van der Waals surface area contributed by atoms with E-state index < -0.39 is 0 Å². The SMILES string of the molecule is O=C(NCc1ccc(Cl)s1)c1ncccc1C#CCCO. The van der Waals surface area contributed by atoms with Crippen molar-refractivity contribution in [3.63, 3.8) is 0 Å². The van der Waals surface area contributed by atoms with E-state index in [4.69, 9.17) is 16.7 Å². The van der Waals surface area contributed by atoms with Crippen LogP contribution in [0.25, 0.3) is 0 Å². The first-order valence-electron chi connectivity index (χ1n) is 6.28. The van der Waals surface area contributed by atoms with Gasteiger partial charge >= 0.3 is 0 Å². The van der Waals surface area contributed by atoms with Gasteiger partial charge in [-0.15, -0.1) is 11.3 Å². The number of aromatic nitrogens is 1. The first kappa shape index (κ1) is 15.5. The standard InChI is InChI=1S/C15H13ClN2O2S/c16-13-7-6-12(21-13)10-18-15(20)14-11(4-1-2-9-19)5-3-8-17-14/h3,5-8,19H,2,9-10H2,(H,18,20). The topological polar surface area (TPSA) is 62.2 Å². The third-order valence-electron chi connectivity index (χ3n) is 2.53. The molecule has 0 aliphatic rings. The highest BCUT2D eigenvalue weighted by Crippen LogP contribution is 2.21. The molecule has 0 radical (unpaired) electrons. The van der Waals surface area contributed by atoms with Crippen LogP contribution in [0.2, 0.25) is 4.34 Å². The van der Waals surface area contributed by atoms with Gasteiger partial charge in [0.05, 0.1) is 23.1 Å². The fourth-order valence-electron chi connectivity index (χ4n) is 1.60. The summed E-state index contributed by atoms with van der Waals surface area (Å²) in [4.78, 5) is 17.2. The van der Waals surface area contributed by atoms with Gasteiger partial charge in [0.2, 0.25) is 0 Å². The Bertz CT molecular complexity index is 688. The van der Waals surface area contributed by atoms with Crippen LogP contribution in [-0.2, 0) is 6.54 Å². The highest BCUT2D eigenvalue weighted by molar-refractivity contribution is 7.16. The molecule has 0 aliphatic heterocycles. The van der Waals surface area contributed by atoms with Gasteiger partial charge in [0.25, 0.3) is 5.91 Å². The van der Waals surface area contributed by atoms with Crippen LogP contribution in [0.15, 0.2) is 30.5 Å². The minimum absolute atomic E-state index is 0.00602. The van der Waals surface area contributed by atoms with Crippen LogP contribution in [-0.4, -0.2) is 22.6 Å². The second kappa shape index (κ2) is 7.79. The number of aliphatic hydroxyl groups is 1. The number of hydrogen-bond acceptors (Lipinski definition) is 4. The number of nitrogens with zero attached hydrogens (tertiary/aromatic N) is 1. The number of hydrogen-bond donors (Lipinski definition) is 2. The second-order valence-corrected chi connectivity index (χ2v) is 5.86. The lowest BCUT2D eigenvalue weighted by molar-refractivity contribution is 0.0946. The lowest BCUT2D eigenvalue weighted by Crippen LogP contribution is -2.24. The van der Waals surface area contributed by atoms with Crippen molar-refractivity contribution in [2.24, 2.45) is 0 Å². The Kier molecular flexibility index (Phi) is 5.76. The van der Waals surface area contributed by atoms with Crippen molar-refractivity contribution in [1.29, 1.82) is 0 Å². The van der Waals surface area contributed by atoms with E-state index >= 15 is 0 Å². The highest BCUT2D eigenvalue weighted by Gasteiger charge is 2.11. The highest BCUT2D eigenvalue weighted by atomic mass is 35.5. The van der Waals surface area contributed by atoms with E-state index in [1.807, 2.05) is 6.07 Å². The molecule has 0 aromatic carbocycles. The van der Waals surface area contributed by atoms with Crippen LogP contribution in [0.5, 0.6) is 0 Å². The largest absolute Gasteiger partial charge is 0.395 e. The van der Waals surface area contributed by atoms with E-state index in [0.717, 1.165) is 4.88 Å². The van der Waals surface area contributed by atoms with Crippen molar-refractivity contribution >= 4 is 28.8 Å². The summed E-state index contributed by atoms with van der Waals surface area (Å²) < 4.78 is 0.688. The number of carbonyl (C=O) groups excluding carboxylic acids is 1. The fourth-order valence-corrected chi connectivity index (χ4v) is 2.63. The first-order valence-corrected chi connectivity index (χ1v) is 7.47. The number of pyridine rings is 1. The molecule has 6 heteroatoms. The predicted octanol–water partition coefficient (Wildman–Crippen LogP) is 2.46. The minimum Gasteiger partial charge on any atom is -0.395 e. The van der Waals surface area contributed by atoms with Crippen molar-refractivity contribution in [2.75, 3.05) is 6.61 Å². The summed E-state index contributed by atoms with van der Waals surface area (Å²) in [6.45, 7) is 0.393. The summed E-state index contributed by atoms with van der Waals surface area (Å²) in [5, 5.41) is 11.5. The number of rotatable bonds is 4. The van der Waals surface area contributed by atoms with E-state index in [1.54, 1.807) is 24.4 Å². The van der Waals surface area contributed by atoms with E-state index in [1.165, 1.54) is 11.3 Å². The molecule has 0 unspecified atom stereocenters. The Hall–Kier alpha value is -1.87. The normalized spacial score (nSPS) is 9.81. The number of amides is 1. The zero-order valence-corrected chi connectivity index (χ0v) is 12.7. The molecule has 108 valence electrons. The monoisotopic (exact) mass is 320 g/mol. The van der Waals surface area contributed by atoms with E-state index in [0.29, 0.717) is 22.9 Å². The van der Waals surface area contributed by atoms with Crippen LogP contribution in [0, 0.1) is 11.8 Å². The molecule has 2 aromatic rings. The number of thiophene rings is 1. The van der Waals surface area contributed by atoms with E-state index in [-0.39, 0.29) is 18.2 Å². The molecule has 0 fully saturated rings. The van der Waals surface area contributed by atoms with Crippen LogP contribution in [0.3, 0.4) is 0 Å². The Labute approximate surface area is 131 Å². The van der Waals surface area contributed by atoms with Crippen molar-refractivity contribution < 1.29 is 9.90 Å². The lowest BCUT2D eigenvalue weighted by atomic mass is 10.2. The molecule has 21 heavy (non-hydrogen) atoms. The van der Waals surface area contributed by atoms with Gasteiger partial charge in [-0.1, -0.05) is 23.4 Å². The summed E-state index contributed by atoms with van der Waals surface area (Å²) in [6.07, 6.45) is 1.91. The van der Waals surface area contributed by atoms with Crippen molar-refractivity contribution in [2.45, 2.75) is 13.0 Å². The summed E-state index contributed by atoms with van der Waals surface area (Å²) in [7, 11) is 0. The van der Waals surface area contributed by atoms with Gasteiger partial charge in [0.15, 0.2) is 0 Å². The third-order valence-corrected chi connectivity index (χ3v) is 3.77. The fraction of sp³-hybridized carbons (Fsp3) is 0.200. The van der Waals surface area contributed by atoms with Gasteiger partial charge < -0.3 is 10.4 Å². The van der Waals surface area contributed by atoms with Crippen LogP contribution in [0.1, 0.15) is 27.3 Å². The number of aliphatic hydroxyl groups excluding tert-OH is 1. The quantitative estimate of drug-likeness (QED) is 0.851. The summed E-state index contributed by atoms with van der Waals surface area (Å²) >= 11 is 7.26. The van der Waals surface area contributed by atoms with Crippen molar-refractivity contribution in [3.05, 3.63) is 50.9 Å². The maximum atomic E-state index is 12.2. The number of nitrogens with one attached hydrogen (secondary N) is 1.